The van der Waals surface area contributed by atoms with Gasteiger partial charge >= 0.3 is 0 Å². The van der Waals surface area contributed by atoms with E-state index < -0.39 is 0 Å². The van der Waals surface area contributed by atoms with Crippen LogP contribution in [-0.2, 0) is 0 Å². The standard InChI is InChI=1S/C47H39N3/c1-3-12-32(13-4-1)33-22-26-37(27-23-33)49-43-19-9-7-16-38(43)40-30-35(24-28-45(40)49)36-25-29-46-41(31-36)39-17-8-10-20-44(39)50(46)47-21-11-18-42(48-47)34-14-5-2-6-15-34/h1-9,11-14,16-19,21-31,34,39,42,44,48H,10,15,20H2. The minimum Gasteiger partial charge on any atom is -0.365 e. The summed E-state index contributed by atoms with van der Waals surface area (Å²) in [6.07, 6.45) is 24.0. The second-order valence-electron chi connectivity index (χ2n) is 14.1. The summed E-state index contributed by atoms with van der Waals surface area (Å²) in [4.78, 5) is 2.60. The SMILES string of the molecule is C1=CCC(C2C=CC=C(N3c4ccc(-c5ccc6c(c5)c5ccccc5n6-c5ccc(-c6ccccc6)cc5)cc4C4C=CCCC43)N2)C=C1. The monoisotopic (exact) mass is 645 g/mol. The van der Waals surface area contributed by atoms with Crippen molar-refractivity contribution in [2.75, 3.05) is 4.90 Å². The molecule has 5 aromatic carbocycles. The third-order valence-corrected chi connectivity index (χ3v) is 11.2. The van der Waals surface area contributed by atoms with Gasteiger partial charge in [-0.05, 0) is 95.6 Å². The molecule has 4 aliphatic rings. The van der Waals surface area contributed by atoms with Crippen molar-refractivity contribution in [2.24, 2.45) is 5.92 Å². The third kappa shape index (κ3) is 4.80. The van der Waals surface area contributed by atoms with Gasteiger partial charge in [0.25, 0.3) is 0 Å². The van der Waals surface area contributed by atoms with E-state index in [1.807, 2.05) is 0 Å². The topological polar surface area (TPSA) is 20.2 Å². The maximum absolute atomic E-state index is 3.94. The van der Waals surface area contributed by atoms with E-state index in [1.165, 1.54) is 66.8 Å². The van der Waals surface area contributed by atoms with E-state index in [2.05, 4.69) is 185 Å². The number of rotatable bonds is 5. The first-order valence-corrected chi connectivity index (χ1v) is 18.1. The molecule has 0 radical (unpaired) electrons. The van der Waals surface area contributed by atoms with Crippen molar-refractivity contribution in [3.8, 4) is 27.9 Å². The highest BCUT2D eigenvalue weighted by Gasteiger charge is 2.40. The highest BCUT2D eigenvalue weighted by Crippen LogP contribution is 2.49. The van der Waals surface area contributed by atoms with Crippen LogP contribution in [0.4, 0.5) is 5.69 Å². The number of fused-ring (bicyclic) bond motifs is 6. The summed E-state index contributed by atoms with van der Waals surface area (Å²) in [6, 6.07) is 43.3. The largest absolute Gasteiger partial charge is 0.365 e. The summed E-state index contributed by atoms with van der Waals surface area (Å²) >= 11 is 0. The molecule has 6 aromatic rings. The van der Waals surface area contributed by atoms with Crippen LogP contribution in [0, 0.1) is 5.92 Å². The highest BCUT2D eigenvalue weighted by molar-refractivity contribution is 6.10. The van der Waals surface area contributed by atoms with Crippen LogP contribution in [0.2, 0.25) is 0 Å². The molecule has 1 N–H and O–H groups in total. The lowest BCUT2D eigenvalue weighted by atomic mass is 9.86. The summed E-state index contributed by atoms with van der Waals surface area (Å²) in [7, 11) is 0. The van der Waals surface area contributed by atoms with Crippen LogP contribution in [0.25, 0.3) is 49.7 Å². The second-order valence-corrected chi connectivity index (χ2v) is 14.1. The first kappa shape index (κ1) is 29.1. The number of aromatic nitrogens is 1. The molecule has 2 aliphatic heterocycles. The third-order valence-electron chi connectivity index (χ3n) is 11.2. The number of hydrogen-bond donors (Lipinski definition) is 1. The molecule has 0 amide bonds. The summed E-state index contributed by atoms with van der Waals surface area (Å²) in [5.41, 5.74) is 11.4. The predicted octanol–water partition coefficient (Wildman–Crippen LogP) is 11.2. The number of allylic oxidation sites excluding steroid dienone is 6. The Bertz CT molecular complexity index is 2400. The Morgan fingerprint density at radius 1 is 0.600 bits per heavy atom. The first-order valence-electron chi connectivity index (χ1n) is 18.1. The smallest absolute Gasteiger partial charge is 0.107 e. The van der Waals surface area contributed by atoms with E-state index in [0.29, 0.717) is 23.9 Å². The van der Waals surface area contributed by atoms with E-state index in [1.54, 1.807) is 0 Å². The molecule has 0 spiro atoms. The van der Waals surface area contributed by atoms with Gasteiger partial charge in [-0.2, -0.15) is 0 Å². The first-order chi connectivity index (χ1) is 24.8. The number of dihydropyridines is 1. The number of benzene rings is 5. The van der Waals surface area contributed by atoms with Crippen LogP contribution in [-0.4, -0.2) is 16.7 Å². The highest BCUT2D eigenvalue weighted by atomic mass is 15.3. The van der Waals surface area contributed by atoms with Gasteiger partial charge in [0.05, 0.1) is 17.1 Å². The van der Waals surface area contributed by atoms with Crippen molar-refractivity contribution in [1.82, 2.24) is 9.88 Å². The fourth-order valence-corrected chi connectivity index (χ4v) is 8.79. The van der Waals surface area contributed by atoms with E-state index in [9.17, 15) is 0 Å². The van der Waals surface area contributed by atoms with Gasteiger partial charge < -0.3 is 14.8 Å². The molecular weight excluding hydrogens is 607 g/mol. The van der Waals surface area contributed by atoms with Crippen LogP contribution in [0.3, 0.4) is 0 Å². The lowest BCUT2D eigenvalue weighted by Gasteiger charge is -2.37. The molecule has 242 valence electrons. The van der Waals surface area contributed by atoms with Gasteiger partial charge in [-0.3, -0.25) is 0 Å². The lowest BCUT2D eigenvalue weighted by Crippen LogP contribution is -2.45. The second kappa shape index (κ2) is 12.0. The van der Waals surface area contributed by atoms with Crippen molar-refractivity contribution in [2.45, 2.75) is 37.3 Å². The summed E-state index contributed by atoms with van der Waals surface area (Å²) in [5, 5.41) is 6.50. The van der Waals surface area contributed by atoms with Gasteiger partial charge in [0.2, 0.25) is 0 Å². The average molecular weight is 646 g/mol. The van der Waals surface area contributed by atoms with Crippen LogP contribution in [0.1, 0.15) is 30.7 Å². The maximum atomic E-state index is 3.94. The minimum absolute atomic E-state index is 0.299. The molecule has 0 saturated carbocycles. The Labute approximate surface area is 293 Å². The van der Waals surface area contributed by atoms with Crippen molar-refractivity contribution in [1.29, 1.82) is 0 Å². The van der Waals surface area contributed by atoms with Gasteiger partial charge in [-0.25, -0.2) is 0 Å². The van der Waals surface area contributed by atoms with E-state index >= 15 is 0 Å². The van der Waals surface area contributed by atoms with Crippen LogP contribution < -0.4 is 10.2 Å². The predicted molar refractivity (Wildman–Crippen MR) is 210 cm³/mol. The van der Waals surface area contributed by atoms with Gasteiger partial charge in [0, 0.05) is 40.0 Å². The molecule has 0 fully saturated rings. The molecule has 3 heterocycles. The molecule has 0 bridgehead atoms. The number of nitrogens with zero attached hydrogens (tertiary/aromatic N) is 2. The Hall–Kier alpha value is -5.80. The molecule has 10 rings (SSSR count). The normalized spacial score (nSPS) is 22.1. The zero-order chi connectivity index (χ0) is 33.0. The van der Waals surface area contributed by atoms with Crippen LogP contribution in [0.5, 0.6) is 0 Å². The molecule has 2 aliphatic carbocycles. The number of nitrogens with one attached hydrogen (secondary N) is 1. The average Bonchev–Trinajstić information content (AvgIpc) is 3.71. The molecular formula is C47H39N3. The van der Waals surface area contributed by atoms with E-state index in [0.717, 1.165) is 19.3 Å². The fraction of sp³-hybridized carbons (Fsp3) is 0.149. The van der Waals surface area contributed by atoms with Crippen molar-refractivity contribution in [3.63, 3.8) is 0 Å². The van der Waals surface area contributed by atoms with Gasteiger partial charge in [-0.1, -0.05) is 121 Å². The summed E-state index contributed by atoms with van der Waals surface area (Å²) in [6.45, 7) is 0. The molecule has 3 nitrogen and oxygen atoms in total. The summed E-state index contributed by atoms with van der Waals surface area (Å²) in [5.74, 6) is 2.08. The maximum Gasteiger partial charge on any atom is 0.107 e. The molecule has 4 unspecified atom stereocenters. The van der Waals surface area contributed by atoms with Crippen molar-refractivity contribution in [3.05, 3.63) is 181 Å². The zero-order valence-electron chi connectivity index (χ0n) is 28.0. The van der Waals surface area contributed by atoms with Crippen molar-refractivity contribution < 1.29 is 0 Å². The molecule has 3 heteroatoms. The number of anilines is 1. The van der Waals surface area contributed by atoms with Gasteiger partial charge in [0.15, 0.2) is 0 Å². The Morgan fingerprint density at radius 2 is 1.38 bits per heavy atom. The van der Waals surface area contributed by atoms with Crippen molar-refractivity contribution >= 4 is 27.5 Å². The molecule has 4 atom stereocenters. The summed E-state index contributed by atoms with van der Waals surface area (Å²) < 4.78 is 2.41. The minimum atomic E-state index is 0.299. The van der Waals surface area contributed by atoms with E-state index in [4.69, 9.17) is 0 Å². The van der Waals surface area contributed by atoms with Gasteiger partial charge in [0.1, 0.15) is 5.82 Å². The molecule has 50 heavy (non-hydrogen) atoms. The fourth-order valence-electron chi connectivity index (χ4n) is 8.79. The number of para-hydroxylation sites is 1. The zero-order valence-corrected chi connectivity index (χ0v) is 28.0. The Kier molecular flexibility index (Phi) is 6.97. The quantitative estimate of drug-likeness (QED) is 0.188. The van der Waals surface area contributed by atoms with Crippen LogP contribution >= 0.6 is 0 Å². The lowest BCUT2D eigenvalue weighted by molar-refractivity contribution is 0.476. The van der Waals surface area contributed by atoms with Crippen LogP contribution in [0.15, 0.2) is 176 Å². The Balaban J connectivity index is 1.02. The van der Waals surface area contributed by atoms with Gasteiger partial charge in [-0.15, -0.1) is 0 Å². The number of hydrogen-bond acceptors (Lipinski definition) is 2. The molecule has 1 aromatic heterocycles. The molecule has 0 saturated heterocycles. The Morgan fingerprint density at radius 3 is 2.26 bits per heavy atom. The van der Waals surface area contributed by atoms with E-state index in [-0.39, 0.29) is 0 Å².